The molecule has 0 saturated heterocycles. The van der Waals surface area contributed by atoms with Crippen LogP contribution in [-0.2, 0) is 22.7 Å². The number of carbonyl (C=O) groups is 1. The largest absolute Gasteiger partial charge is 0.487 e. The van der Waals surface area contributed by atoms with E-state index in [1.54, 1.807) is 31.3 Å². The Morgan fingerprint density at radius 1 is 1.20 bits per heavy atom. The molecule has 2 heterocycles. The number of rotatable bonds is 9. The second-order valence-corrected chi connectivity index (χ2v) is 6.25. The molecule has 0 aliphatic heterocycles. The van der Waals surface area contributed by atoms with Crippen LogP contribution in [0.5, 0.6) is 5.75 Å². The van der Waals surface area contributed by atoms with E-state index in [1.807, 2.05) is 30.3 Å². The Hall–Kier alpha value is -4.01. The molecule has 2 aromatic heterocycles. The average molecular weight is 408 g/mol. The number of aryl methyl sites for hydroxylation is 1. The number of aromatic nitrogens is 3. The van der Waals surface area contributed by atoms with Gasteiger partial charge in [0.25, 0.3) is 0 Å². The number of hydrogen-bond acceptors (Lipinski definition) is 7. The maximum Gasteiger partial charge on any atom is 0.342 e. The summed E-state index contributed by atoms with van der Waals surface area (Å²) in [6.45, 7) is 2.18. The maximum absolute atomic E-state index is 11.9. The van der Waals surface area contributed by atoms with Crippen LogP contribution in [0.4, 0.5) is 5.82 Å². The van der Waals surface area contributed by atoms with Crippen molar-refractivity contribution in [1.29, 1.82) is 0 Å². The Morgan fingerprint density at radius 2 is 2.00 bits per heavy atom. The highest BCUT2D eigenvalue weighted by atomic mass is 16.6. The van der Waals surface area contributed by atoms with E-state index in [-0.39, 0.29) is 19.0 Å². The lowest BCUT2D eigenvalue weighted by atomic mass is 10.2. The Morgan fingerprint density at radius 3 is 2.70 bits per heavy atom. The lowest BCUT2D eigenvalue weighted by Crippen LogP contribution is -2.12. The highest BCUT2D eigenvalue weighted by Gasteiger charge is 2.17. The summed E-state index contributed by atoms with van der Waals surface area (Å²) in [6, 6.07) is 12.9. The summed E-state index contributed by atoms with van der Waals surface area (Å²) in [6.07, 6.45) is 5.82. The molecule has 1 aromatic carbocycles. The standard InChI is InChI=1S/C21H20N4O5/c1-16-23-14-20(25(27)28)24(16)12-13-29-21(26)10-7-17-5-8-19(9-6-17)30-15-18-4-2-3-11-22-18/h2-11,14H,12-13,15H2,1H3/b10-7+. The number of carbonyl (C=O) groups excluding carboxylic acids is 1. The van der Waals surface area contributed by atoms with Crippen LogP contribution < -0.4 is 4.74 Å². The van der Waals surface area contributed by atoms with Crippen molar-refractivity contribution in [3.05, 3.63) is 88.1 Å². The second kappa shape index (κ2) is 9.97. The third-order valence-corrected chi connectivity index (χ3v) is 4.19. The van der Waals surface area contributed by atoms with Gasteiger partial charge in [-0.1, -0.05) is 18.2 Å². The van der Waals surface area contributed by atoms with Crippen LogP contribution in [-0.4, -0.2) is 32.0 Å². The molecule has 154 valence electrons. The summed E-state index contributed by atoms with van der Waals surface area (Å²) in [5, 5.41) is 10.9. The maximum atomic E-state index is 11.9. The minimum atomic E-state index is -0.536. The molecule has 3 rings (SSSR count). The zero-order valence-electron chi connectivity index (χ0n) is 16.3. The van der Waals surface area contributed by atoms with E-state index in [0.717, 1.165) is 11.3 Å². The summed E-state index contributed by atoms with van der Waals surface area (Å²) in [7, 11) is 0. The van der Waals surface area contributed by atoms with Gasteiger partial charge in [0.15, 0.2) is 5.82 Å². The summed E-state index contributed by atoms with van der Waals surface area (Å²) < 4.78 is 12.2. The first kappa shape index (κ1) is 20.7. The van der Waals surface area contributed by atoms with Gasteiger partial charge in [0.2, 0.25) is 0 Å². The lowest BCUT2D eigenvalue weighted by Gasteiger charge is -2.05. The van der Waals surface area contributed by atoms with Gasteiger partial charge in [0, 0.05) is 19.2 Å². The van der Waals surface area contributed by atoms with Gasteiger partial charge in [-0.2, -0.15) is 0 Å². The van der Waals surface area contributed by atoms with Gasteiger partial charge in [0.05, 0.1) is 5.69 Å². The summed E-state index contributed by atoms with van der Waals surface area (Å²) in [5.41, 5.74) is 1.64. The molecule has 0 saturated carbocycles. The molecular weight excluding hydrogens is 388 g/mol. The molecule has 3 aromatic rings. The molecular formula is C21H20N4O5. The molecule has 0 atom stereocenters. The molecule has 0 bridgehead atoms. The minimum absolute atomic E-state index is 0.00150. The van der Waals surface area contributed by atoms with Crippen molar-refractivity contribution in [3.8, 4) is 5.75 Å². The van der Waals surface area contributed by atoms with Crippen LogP contribution >= 0.6 is 0 Å². The Kier molecular flexibility index (Phi) is 6.88. The number of nitrogens with zero attached hydrogens (tertiary/aromatic N) is 4. The quantitative estimate of drug-likeness (QED) is 0.231. The van der Waals surface area contributed by atoms with E-state index in [9.17, 15) is 14.9 Å². The van der Waals surface area contributed by atoms with Gasteiger partial charge >= 0.3 is 11.8 Å². The predicted molar refractivity (Wildman–Crippen MR) is 109 cm³/mol. The molecule has 30 heavy (non-hydrogen) atoms. The molecule has 0 aliphatic rings. The van der Waals surface area contributed by atoms with E-state index in [2.05, 4.69) is 9.97 Å². The number of nitro groups is 1. The van der Waals surface area contributed by atoms with Crippen molar-refractivity contribution >= 4 is 17.9 Å². The third-order valence-electron chi connectivity index (χ3n) is 4.19. The fourth-order valence-electron chi connectivity index (χ4n) is 2.64. The Balaban J connectivity index is 1.45. The summed E-state index contributed by atoms with van der Waals surface area (Å²) in [4.78, 5) is 30.4. The first-order chi connectivity index (χ1) is 14.5. The van der Waals surface area contributed by atoms with Crippen LogP contribution in [0.25, 0.3) is 6.08 Å². The van der Waals surface area contributed by atoms with Crippen molar-refractivity contribution in [2.24, 2.45) is 0 Å². The fraction of sp³-hybridized carbons (Fsp3) is 0.190. The minimum Gasteiger partial charge on any atom is -0.487 e. The molecule has 0 spiro atoms. The molecule has 0 radical (unpaired) electrons. The molecule has 0 unspecified atom stereocenters. The number of benzene rings is 1. The van der Waals surface area contributed by atoms with Gasteiger partial charge in [-0.05, 0) is 40.8 Å². The number of imidazole rings is 1. The van der Waals surface area contributed by atoms with Gasteiger partial charge in [-0.25, -0.2) is 14.3 Å². The SMILES string of the molecule is Cc1ncc([N+](=O)[O-])n1CCOC(=O)/C=C/c1ccc(OCc2ccccn2)cc1. The zero-order valence-corrected chi connectivity index (χ0v) is 16.3. The Labute approximate surface area is 172 Å². The van der Waals surface area contributed by atoms with Gasteiger partial charge in [0.1, 0.15) is 31.7 Å². The van der Waals surface area contributed by atoms with Crippen LogP contribution in [0.3, 0.4) is 0 Å². The first-order valence-corrected chi connectivity index (χ1v) is 9.17. The van der Waals surface area contributed by atoms with E-state index >= 15 is 0 Å². The molecule has 9 nitrogen and oxygen atoms in total. The van der Waals surface area contributed by atoms with Crippen LogP contribution in [0.1, 0.15) is 17.1 Å². The summed E-state index contributed by atoms with van der Waals surface area (Å²) in [5.74, 6) is 0.506. The predicted octanol–water partition coefficient (Wildman–Crippen LogP) is 3.33. The smallest absolute Gasteiger partial charge is 0.342 e. The first-order valence-electron chi connectivity index (χ1n) is 9.17. The van der Waals surface area contributed by atoms with E-state index in [4.69, 9.17) is 9.47 Å². The highest BCUT2D eigenvalue weighted by Crippen LogP contribution is 2.15. The van der Waals surface area contributed by atoms with Gasteiger partial charge in [-0.15, -0.1) is 0 Å². The van der Waals surface area contributed by atoms with E-state index < -0.39 is 10.9 Å². The van der Waals surface area contributed by atoms with E-state index in [0.29, 0.717) is 18.2 Å². The summed E-state index contributed by atoms with van der Waals surface area (Å²) >= 11 is 0. The fourth-order valence-corrected chi connectivity index (χ4v) is 2.64. The van der Waals surface area contributed by atoms with Crippen LogP contribution in [0.2, 0.25) is 0 Å². The van der Waals surface area contributed by atoms with Crippen molar-refractivity contribution in [3.63, 3.8) is 0 Å². The monoisotopic (exact) mass is 408 g/mol. The molecule has 0 N–H and O–H groups in total. The number of esters is 1. The van der Waals surface area contributed by atoms with Gasteiger partial charge in [-0.3, -0.25) is 4.98 Å². The number of pyridine rings is 1. The van der Waals surface area contributed by atoms with E-state index in [1.165, 1.54) is 16.8 Å². The zero-order chi connectivity index (χ0) is 21.3. The van der Waals surface area contributed by atoms with Crippen molar-refractivity contribution in [2.45, 2.75) is 20.1 Å². The van der Waals surface area contributed by atoms with Crippen molar-refractivity contribution < 1.29 is 19.2 Å². The normalized spacial score (nSPS) is 10.8. The molecule has 0 amide bonds. The second-order valence-electron chi connectivity index (χ2n) is 6.25. The van der Waals surface area contributed by atoms with Crippen molar-refractivity contribution in [2.75, 3.05) is 6.61 Å². The number of ether oxygens (including phenoxy) is 2. The van der Waals surface area contributed by atoms with Gasteiger partial charge < -0.3 is 19.6 Å². The highest BCUT2D eigenvalue weighted by molar-refractivity contribution is 5.87. The topological polar surface area (TPSA) is 109 Å². The average Bonchev–Trinajstić information content (AvgIpc) is 3.13. The lowest BCUT2D eigenvalue weighted by molar-refractivity contribution is -0.392. The van der Waals surface area contributed by atoms with Crippen LogP contribution in [0, 0.1) is 17.0 Å². The Bertz CT molecular complexity index is 1030. The molecule has 0 aliphatic carbocycles. The number of hydrogen-bond donors (Lipinski definition) is 0. The molecule has 0 fully saturated rings. The molecule has 9 heteroatoms. The third kappa shape index (κ3) is 5.74. The van der Waals surface area contributed by atoms with Crippen molar-refractivity contribution in [1.82, 2.24) is 14.5 Å². The van der Waals surface area contributed by atoms with Crippen LogP contribution in [0.15, 0.2) is 60.9 Å².